The van der Waals surface area contributed by atoms with Crippen molar-refractivity contribution in [3.63, 3.8) is 0 Å². The first-order valence-corrected chi connectivity index (χ1v) is 13.3. The fraction of sp³-hybridized carbons (Fsp3) is 0.478. The maximum Gasteiger partial charge on any atom is 0.245 e. The molecule has 3 N–H and O–H groups in total. The normalized spacial score (nSPS) is 22.2. The van der Waals surface area contributed by atoms with Crippen LogP contribution in [-0.4, -0.2) is 75.3 Å². The van der Waals surface area contributed by atoms with E-state index in [0.717, 1.165) is 19.3 Å². The van der Waals surface area contributed by atoms with Crippen LogP contribution in [0.2, 0.25) is 0 Å². The predicted octanol–water partition coefficient (Wildman–Crippen LogP) is 2.05. The van der Waals surface area contributed by atoms with Crippen molar-refractivity contribution in [2.75, 3.05) is 24.4 Å². The van der Waals surface area contributed by atoms with Crippen LogP contribution >= 0.6 is 0 Å². The predicted molar refractivity (Wildman–Crippen MR) is 132 cm³/mol. The van der Waals surface area contributed by atoms with Crippen LogP contribution in [0.4, 0.5) is 17.6 Å². The third-order valence-corrected chi connectivity index (χ3v) is 8.90. The molecule has 5 rings (SSSR count). The van der Waals surface area contributed by atoms with E-state index < -0.39 is 10.0 Å². The topological polar surface area (TPSA) is 149 Å². The lowest BCUT2D eigenvalue weighted by Crippen LogP contribution is -2.58. The number of rotatable bonds is 8. The zero-order valence-electron chi connectivity index (χ0n) is 20.2. The van der Waals surface area contributed by atoms with E-state index in [9.17, 15) is 13.5 Å². The van der Waals surface area contributed by atoms with Crippen molar-refractivity contribution in [2.24, 2.45) is 0 Å². The quantitative estimate of drug-likeness (QED) is 0.408. The molecule has 192 valence electrons. The van der Waals surface area contributed by atoms with Crippen molar-refractivity contribution in [1.29, 1.82) is 0 Å². The molecule has 0 radical (unpaired) electrons. The second-order valence-corrected chi connectivity index (χ2v) is 11.0. The minimum atomic E-state index is -3.62. The summed E-state index contributed by atoms with van der Waals surface area (Å²) in [5.41, 5.74) is 0.579. The summed E-state index contributed by atoms with van der Waals surface area (Å²) in [6.45, 7) is -0.146. The summed E-state index contributed by atoms with van der Waals surface area (Å²) >= 11 is 0. The van der Waals surface area contributed by atoms with Gasteiger partial charge < -0.3 is 20.1 Å². The summed E-state index contributed by atoms with van der Waals surface area (Å²) in [5.74, 6) is 1.87. The fourth-order valence-corrected chi connectivity index (χ4v) is 7.04. The first-order valence-electron chi connectivity index (χ1n) is 11.9. The molecule has 2 fully saturated rings. The van der Waals surface area contributed by atoms with Crippen molar-refractivity contribution >= 4 is 27.6 Å². The summed E-state index contributed by atoms with van der Waals surface area (Å²) in [6.07, 6.45) is 7.00. The second kappa shape index (κ2) is 9.99. The van der Waals surface area contributed by atoms with Crippen molar-refractivity contribution < 1.29 is 18.3 Å². The third kappa shape index (κ3) is 4.73. The zero-order valence-corrected chi connectivity index (χ0v) is 21.0. The molecule has 0 aromatic carbocycles. The third-order valence-electron chi connectivity index (χ3n) is 6.91. The van der Waals surface area contributed by atoms with Gasteiger partial charge in [0, 0.05) is 49.7 Å². The average Bonchev–Trinajstić information content (AvgIpc) is 3.35. The number of nitrogens with one attached hydrogen (secondary N) is 2. The number of hydrogen-bond acceptors (Lipinski definition) is 10. The number of ether oxygens (including phenoxy) is 1. The Kier molecular flexibility index (Phi) is 6.77. The number of aromatic nitrogens is 5. The van der Waals surface area contributed by atoms with E-state index in [0.29, 0.717) is 42.0 Å². The molecule has 0 spiro atoms. The Morgan fingerprint density at radius 3 is 2.64 bits per heavy atom. The number of fused-ring (bicyclic) bond motifs is 2. The number of anilines is 3. The number of H-pyrrole nitrogens is 1. The lowest BCUT2D eigenvalue weighted by Gasteiger charge is -2.49. The minimum Gasteiger partial charge on any atom is -0.481 e. The van der Waals surface area contributed by atoms with Crippen LogP contribution in [-0.2, 0) is 16.6 Å². The van der Waals surface area contributed by atoms with Gasteiger partial charge in [-0.15, -0.1) is 0 Å². The Labute approximate surface area is 209 Å². The molecule has 5 heterocycles. The summed E-state index contributed by atoms with van der Waals surface area (Å²) in [5, 5.41) is 19.2. The molecule has 13 heteroatoms. The number of pyridine rings is 1. The molecule has 3 aromatic heterocycles. The minimum absolute atomic E-state index is 0.0620. The van der Waals surface area contributed by atoms with Gasteiger partial charge in [0.1, 0.15) is 10.7 Å². The Balaban J connectivity index is 1.37. The monoisotopic (exact) mass is 514 g/mol. The number of piperidine rings is 2. The highest BCUT2D eigenvalue weighted by atomic mass is 32.2. The van der Waals surface area contributed by atoms with Crippen molar-refractivity contribution in [2.45, 2.75) is 61.7 Å². The van der Waals surface area contributed by atoms with Crippen LogP contribution in [0.15, 0.2) is 41.6 Å². The van der Waals surface area contributed by atoms with E-state index in [1.807, 2.05) is 11.9 Å². The van der Waals surface area contributed by atoms with Gasteiger partial charge in [-0.3, -0.25) is 10.1 Å². The van der Waals surface area contributed by atoms with E-state index in [-0.39, 0.29) is 29.6 Å². The van der Waals surface area contributed by atoms with Crippen LogP contribution in [0, 0.1) is 0 Å². The Morgan fingerprint density at radius 2 is 2.00 bits per heavy atom. The number of methoxy groups -OCH3 is 1. The molecule has 1 unspecified atom stereocenters. The van der Waals surface area contributed by atoms with Gasteiger partial charge in [-0.2, -0.15) is 19.4 Å². The average molecular weight is 515 g/mol. The molecule has 2 aliphatic rings. The summed E-state index contributed by atoms with van der Waals surface area (Å²) in [4.78, 5) is 15.5. The Bertz CT molecular complexity index is 1290. The highest BCUT2D eigenvalue weighted by Crippen LogP contribution is 2.40. The van der Waals surface area contributed by atoms with Crippen LogP contribution in [0.3, 0.4) is 0 Å². The molecule has 12 nitrogen and oxygen atoms in total. The molecule has 0 aliphatic carbocycles. The molecule has 2 aliphatic heterocycles. The number of aliphatic hydroxyl groups excluding tert-OH is 1. The van der Waals surface area contributed by atoms with E-state index in [2.05, 4.69) is 30.5 Å². The Hall–Kier alpha value is -3.29. The molecule has 36 heavy (non-hydrogen) atoms. The standard InChI is InChI=1S/C23H30N8O4S/c1-30(23-26-20(12-22(27-23)35-2)25-21-9-15(14-32)28-29-21)18-10-16-5-3-6-17(11-18)31(16)36(33,34)19-7-4-8-24-13-19/h4,7-9,12-13,16-18,32H,3,5-6,10-11,14H2,1-2H3,(H2,25,26,27,28,29)/t16-,17+,18?. The van der Waals surface area contributed by atoms with Crippen molar-refractivity contribution in [3.05, 3.63) is 42.4 Å². The molecule has 3 atom stereocenters. The number of hydrogen-bond donors (Lipinski definition) is 3. The van der Waals surface area contributed by atoms with Crippen LogP contribution < -0.4 is 15.0 Å². The van der Waals surface area contributed by atoms with Gasteiger partial charge in [0.15, 0.2) is 5.82 Å². The number of nitrogens with zero attached hydrogens (tertiary/aromatic N) is 6. The highest BCUT2D eigenvalue weighted by Gasteiger charge is 2.46. The van der Waals surface area contributed by atoms with E-state index in [1.165, 1.54) is 6.20 Å². The molecular weight excluding hydrogens is 484 g/mol. The largest absolute Gasteiger partial charge is 0.481 e. The van der Waals surface area contributed by atoms with E-state index in [4.69, 9.17) is 4.74 Å². The van der Waals surface area contributed by atoms with Crippen LogP contribution in [0.25, 0.3) is 0 Å². The summed E-state index contributed by atoms with van der Waals surface area (Å²) in [7, 11) is -0.149. The molecule has 3 aromatic rings. The Morgan fingerprint density at radius 1 is 1.22 bits per heavy atom. The first kappa shape index (κ1) is 24.4. The zero-order chi connectivity index (χ0) is 25.3. The molecule has 2 bridgehead atoms. The smallest absolute Gasteiger partial charge is 0.245 e. The van der Waals surface area contributed by atoms with E-state index in [1.54, 1.807) is 41.9 Å². The summed E-state index contributed by atoms with van der Waals surface area (Å²) in [6, 6.07) is 6.49. The fourth-order valence-electron chi connectivity index (χ4n) is 5.18. The lowest BCUT2D eigenvalue weighted by molar-refractivity contribution is 0.109. The summed E-state index contributed by atoms with van der Waals surface area (Å²) < 4.78 is 34.1. The maximum atomic E-state index is 13.5. The van der Waals surface area contributed by atoms with Crippen LogP contribution in [0.1, 0.15) is 37.8 Å². The second-order valence-electron chi connectivity index (χ2n) is 9.16. The maximum absolute atomic E-state index is 13.5. The van der Waals surface area contributed by atoms with Gasteiger partial charge in [0.2, 0.25) is 21.9 Å². The van der Waals surface area contributed by atoms with Gasteiger partial charge in [-0.1, -0.05) is 6.42 Å². The molecule has 0 saturated carbocycles. The number of aliphatic hydroxyl groups is 1. The molecule has 2 saturated heterocycles. The van der Waals surface area contributed by atoms with Gasteiger partial charge in [-0.25, -0.2) is 8.42 Å². The van der Waals surface area contributed by atoms with Gasteiger partial charge in [0.25, 0.3) is 0 Å². The van der Waals surface area contributed by atoms with Gasteiger partial charge in [0.05, 0.1) is 19.4 Å². The SMILES string of the molecule is COc1cc(Nc2cc(CO)[nH]n2)nc(N(C)C2C[C@H]3CCC[C@@H](C2)N3S(=O)(=O)c2cccnc2)n1. The van der Waals surface area contributed by atoms with Crippen LogP contribution in [0.5, 0.6) is 5.88 Å². The van der Waals surface area contributed by atoms with E-state index >= 15 is 0 Å². The number of aromatic amines is 1. The lowest BCUT2D eigenvalue weighted by atomic mass is 9.83. The molecular formula is C23H30N8O4S. The highest BCUT2D eigenvalue weighted by molar-refractivity contribution is 7.89. The molecule has 0 amide bonds. The van der Waals surface area contributed by atoms with Crippen molar-refractivity contribution in [1.82, 2.24) is 29.5 Å². The van der Waals surface area contributed by atoms with Gasteiger partial charge >= 0.3 is 0 Å². The van der Waals surface area contributed by atoms with Gasteiger partial charge in [-0.05, 0) is 37.8 Å². The number of sulfonamides is 1. The van der Waals surface area contributed by atoms with Crippen molar-refractivity contribution in [3.8, 4) is 5.88 Å². The first-order chi connectivity index (χ1) is 17.4.